The van der Waals surface area contributed by atoms with Gasteiger partial charge in [0.25, 0.3) is 5.91 Å². The minimum absolute atomic E-state index is 0.0330. The van der Waals surface area contributed by atoms with Crippen LogP contribution < -0.4 is 5.73 Å². The van der Waals surface area contributed by atoms with Gasteiger partial charge in [0, 0.05) is 28.7 Å². The van der Waals surface area contributed by atoms with E-state index in [4.69, 9.17) is 10.5 Å². The van der Waals surface area contributed by atoms with Crippen molar-refractivity contribution >= 4 is 33.6 Å². The van der Waals surface area contributed by atoms with E-state index in [1.807, 2.05) is 23.7 Å². The Kier molecular flexibility index (Phi) is 5.12. The van der Waals surface area contributed by atoms with Crippen LogP contribution in [0, 0.1) is 0 Å². The fourth-order valence-corrected chi connectivity index (χ4v) is 4.66. The zero-order valence-corrected chi connectivity index (χ0v) is 15.0. The van der Waals surface area contributed by atoms with Crippen molar-refractivity contribution in [3.05, 3.63) is 28.2 Å². The van der Waals surface area contributed by atoms with Gasteiger partial charge in [-0.3, -0.25) is 4.79 Å². The van der Waals surface area contributed by atoms with E-state index in [0.717, 1.165) is 29.5 Å². The summed E-state index contributed by atoms with van der Waals surface area (Å²) in [5, 5.41) is 0. The van der Waals surface area contributed by atoms with Crippen molar-refractivity contribution < 1.29 is 9.53 Å². The molecule has 2 aliphatic heterocycles. The Hall–Kier alpha value is -0.560. The highest BCUT2D eigenvalue weighted by Gasteiger charge is 2.35. The molecule has 1 unspecified atom stereocenters. The molecule has 3 atom stereocenters. The number of thioether (sulfide) groups is 1. The number of likely N-dealkylation sites (N-methyl/N-ethyl adjacent to an activating group) is 1. The molecule has 120 valence electrons. The Morgan fingerprint density at radius 2 is 2.27 bits per heavy atom. The fourth-order valence-electron chi connectivity index (χ4n) is 3.19. The second kappa shape index (κ2) is 6.91. The van der Waals surface area contributed by atoms with Gasteiger partial charge in [0.05, 0.1) is 12.1 Å². The standard InChI is InChI=1S/C16H21BrN2O2S/c1-19(16(20)14-4-3-11(9-18)21-14)13-6-7-22-15-5-2-10(17)8-12(13)15/h2,5,8,11,13-14H,3-4,6-7,9,18H2,1H3/t11-,13?,14+/m1/s1. The fraction of sp³-hybridized carbons (Fsp3) is 0.562. The van der Waals surface area contributed by atoms with Gasteiger partial charge in [-0.05, 0) is 43.0 Å². The molecule has 1 saturated heterocycles. The molecular formula is C16H21BrN2O2S. The van der Waals surface area contributed by atoms with Gasteiger partial charge in [0.2, 0.25) is 0 Å². The van der Waals surface area contributed by atoms with Crippen LogP contribution in [0.25, 0.3) is 0 Å². The monoisotopic (exact) mass is 384 g/mol. The number of nitrogens with two attached hydrogens (primary N) is 1. The second-order valence-electron chi connectivity index (χ2n) is 5.84. The van der Waals surface area contributed by atoms with Crippen LogP contribution >= 0.6 is 27.7 Å². The molecule has 0 spiro atoms. The highest BCUT2D eigenvalue weighted by atomic mass is 79.9. The minimum atomic E-state index is -0.330. The van der Waals surface area contributed by atoms with Gasteiger partial charge in [-0.25, -0.2) is 0 Å². The highest BCUT2D eigenvalue weighted by Crippen LogP contribution is 2.40. The number of nitrogens with zero attached hydrogens (tertiary/aromatic N) is 1. The molecule has 0 aromatic heterocycles. The largest absolute Gasteiger partial charge is 0.364 e. The van der Waals surface area contributed by atoms with E-state index in [1.54, 1.807) is 0 Å². The molecule has 4 nitrogen and oxygen atoms in total. The molecule has 22 heavy (non-hydrogen) atoms. The molecule has 3 rings (SSSR count). The van der Waals surface area contributed by atoms with E-state index in [0.29, 0.717) is 6.54 Å². The Balaban J connectivity index is 1.77. The summed E-state index contributed by atoms with van der Waals surface area (Å²) in [6.45, 7) is 0.489. The smallest absolute Gasteiger partial charge is 0.251 e. The summed E-state index contributed by atoms with van der Waals surface area (Å²) >= 11 is 5.40. The number of carbonyl (C=O) groups excluding carboxylic acids is 1. The van der Waals surface area contributed by atoms with Gasteiger partial charge in [-0.2, -0.15) is 0 Å². The maximum atomic E-state index is 12.7. The first-order valence-corrected chi connectivity index (χ1v) is 9.42. The van der Waals surface area contributed by atoms with E-state index >= 15 is 0 Å². The predicted molar refractivity (Wildman–Crippen MR) is 91.9 cm³/mol. The van der Waals surface area contributed by atoms with Gasteiger partial charge < -0.3 is 15.4 Å². The van der Waals surface area contributed by atoms with Crippen LogP contribution in [-0.2, 0) is 9.53 Å². The quantitative estimate of drug-likeness (QED) is 0.869. The van der Waals surface area contributed by atoms with Crippen molar-refractivity contribution in [1.82, 2.24) is 4.90 Å². The lowest BCUT2D eigenvalue weighted by Crippen LogP contribution is -2.40. The Bertz CT molecular complexity index is 569. The number of rotatable bonds is 3. The van der Waals surface area contributed by atoms with E-state index < -0.39 is 0 Å². The van der Waals surface area contributed by atoms with Gasteiger partial charge in [-0.15, -0.1) is 11.8 Å². The summed E-state index contributed by atoms with van der Waals surface area (Å²) in [6, 6.07) is 6.45. The van der Waals surface area contributed by atoms with Crippen molar-refractivity contribution in [2.75, 3.05) is 19.3 Å². The third kappa shape index (κ3) is 3.20. The summed E-state index contributed by atoms with van der Waals surface area (Å²) in [4.78, 5) is 15.9. The van der Waals surface area contributed by atoms with Crippen LogP contribution in [0.5, 0.6) is 0 Å². The molecule has 2 heterocycles. The van der Waals surface area contributed by atoms with Gasteiger partial charge in [0.1, 0.15) is 6.10 Å². The van der Waals surface area contributed by atoms with E-state index in [2.05, 4.69) is 34.1 Å². The Morgan fingerprint density at radius 3 is 3.00 bits per heavy atom. The molecule has 0 radical (unpaired) electrons. The zero-order valence-electron chi connectivity index (χ0n) is 12.6. The number of amides is 1. The number of halogens is 1. The molecule has 1 amide bonds. The van der Waals surface area contributed by atoms with E-state index in [1.165, 1.54) is 10.5 Å². The topological polar surface area (TPSA) is 55.6 Å². The van der Waals surface area contributed by atoms with Gasteiger partial charge in [-0.1, -0.05) is 15.9 Å². The van der Waals surface area contributed by atoms with Crippen LogP contribution in [0.3, 0.4) is 0 Å². The third-order valence-electron chi connectivity index (χ3n) is 4.44. The van der Waals surface area contributed by atoms with Crippen LogP contribution in [0.15, 0.2) is 27.6 Å². The van der Waals surface area contributed by atoms with E-state index in [9.17, 15) is 4.79 Å². The molecule has 0 aliphatic carbocycles. The predicted octanol–water partition coefficient (Wildman–Crippen LogP) is 2.95. The van der Waals surface area contributed by atoms with Gasteiger partial charge >= 0.3 is 0 Å². The molecule has 2 aliphatic rings. The van der Waals surface area contributed by atoms with Crippen LogP contribution in [-0.4, -0.2) is 42.4 Å². The summed E-state index contributed by atoms with van der Waals surface area (Å²) in [5.74, 6) is 1.12. The van der Waals surface area contributed by atoms with Crippen molar-refractivity contribution in [3.8, 4) is 0 Å². The minimum Gasteiger partial charge on any atom is -0.364 e. The lowest BCUT2D eigenvalue weighted by atomic mass is 10.0. The Morgan fingerprint density at radius 1 is 1.45 bits per heavy atom. The molecule has 0 saturated carbocycles. The molecule has 1 aromatic carbocycles. The number of fused-ring (bicyclic) bond motifs is 1. The SMILES string of the molecule is CN(C(=O)[C@@H]1CC[C@H](CN)O1)C1CCSc2ccc(Br)cc21. The first-order chi connectivity index (χ1) is 10.6. The van der Waals surface area contributed by atoms with Crippen molar-refractivity contribution in [2.24, 2.45) is 5.73 Å². The molecule has 2 N–H and O–H groups in total. The molecular weight excluding hydrogens is 364 g/mol. The Labute approximate surface area is 143 Å². The molecule has 6 heteroatoms. The van der Waals surface area contributed by atoms with Crippen molar-refractivity contribution in [1.29, 1.82) is 0 Å². The number of carbonyl (C=O) groups is 1. The zero-order chi connectivity index (χ0) is 15.7. The first-order valence-electron chi connectivity index (χ1n) is 7.64. The van der Waals surface area contributed by atoms with Gasteiger partial charge in [0.15, 0.2) is 0 Å². The van der Waals surface area contributed by atoms with Crippen LogP contribution in [0.1, 0.15) is 30.9 Å². The summed E-state index contributed by atoms with van der Waals surface area (Å²) in [5.41, 5.74) is 6.87. The maximum Gasteiger partial charge on any atom is 0.251 e. The second-order valence-corrected chi connectivity index (χ2v) is 7.90. The maximum absolute atomic E-state index is 12.7. The average molecular weight is 385 g/mol. The van der Waals surface area contributed by atoms with Crippen molar-refractivity contribution in [2.45, 2.75) is 42.4 Å². The normalized spacial score (nSPS) is 27.5. The number of hydrogen-bond donors (Lipinski definition) is 1. The highest BCUT2D eigenvalue weighted by molar-refractivity contribution is 9.10. The molecule has 0 bridgehead atoms. The summed E-state index contributed by atoms with van der Waals surface area (Å²) in [7, 11) is 1.90. The van der Waals surface area contributed by atoms with E-state index in [-0.39, 0.29) is 24.2 Å². The summed E-state index contributed by atoms with van der Waals surface area (Å²) in [6.07, 6.45) is 2.33. The van der Waals surface area contributed by atoms with Crippen LogP contribution in [0.4, 0.5) is 0 Å². The first kappa shape index (κ1) is 16.3. The van der Waals surface area contributed by atoms with Crippen molar-refractivity contribution in [3.63, 3.8) is 0 Å². The third-order valence-corrected chi connectivity index (χ3v) is 6.06. The number of hydrogen-bond acceptors (Lipinski definition) is 4. The molecule has 1 fully saturated rings. The number of ether oxygens (including phenoxy) is 1. The lowest BCUT2D eigenvalue weighted by molar-refractivity contribution is -0.143. The number of benzene rings is 1. The summed E-state index contributed by atoms with van der Waals surface area (Å²) < 4.78 is 6.82. The van der Waals surface area contributed by atoms with Crippen LogP contribution in [0.2, 0.25) is 0 Å². The lowest BCUT2D eigenvalue weighted by Gasteiger charge is -2.34. The molecule has 1 aromatic rings. The average Bonchev–Trinajstić information content (AvgIpc) is 3.02.